The van der Waals surface area contributed by atoms with E-state index in [9.17, 15) is 13.9 Å². The Hall–Kier alpha value is -2.13. The Bertz CT molecular complexity index is 653. The lowest BCUT2D eigenvalue weighted by Gasteiger charge is -2.28. The molecule has 0 saturated heterocycles. The topological polar surface area (TPSA) is 86.2 Å². The molecule has 0 fully saturated rings. The molecule has 1 aromatic carbocycles. The summed E-state index contributed by atoms with van der Waals surface area (Å²) in [4.78, 5) is 3.76. The van der Waals surface area contributed by atoms with Crippen LogP contribution in [0.2, 0.25) is 0 Å². The predicted octanol–water partition coefficient (Wildman–Crippen LogP) is 1.09. The Morgan fingerprint density at radius 3 is 2.82 bits per heavy atom. The zero-order valence-electron chi connectivity index (χ0n) is 11.4. The van der Waals surface area contributed by atoms with Gasteiger partial charge in [-0.25, -0.2) is 18.4 Å². The molecule has 0 saturated carbocycles. The second-order valence-electron chi connectivity index (χ2n) is 4.67. The maximum absolute atomic E-state index is 14.0. The maximum Gasteiger partial charge on any atom is 0.253 e. The second-order valence-corrected chi connectivity index (χ2v) is 5.07. The van der Waals surface area contributed by atoms with Crippen molar-refractivity contribution in [3.63, 3.8) is 0 Å². The molecule has 0 aliphatic rings. The molecule has 22 heavy (non-hydrogen) atoms. The van der Waals surface area contributed by atoms with Gasteiger partial charge in [0, 0.05) is 18.1 Å². The number of hydrogen-bond donors (Lipinski definition) is 2. The fraction of sp³-hybridized carbons (Fsp3) is 0.308. The van der Waals surface area contributed by atoms with Crippen molar-refractivity contribution in [1.29, 1.82) is 0 Å². The van der Waals surface area contributed by atoms with Crippen LogP contribution >= 0.6 is 12.2 Å². The molecule has 6 nitrogen and oxygen atoms in total. The van der Waals surface area contributed by atoms with E-state index in [0.717, 1.165) is 6.07 Å². The molecule has 1 heterocycles. The van der Waals surface area contributed by atoms with Gasteiger partial charge in [-0.05, 0) is 18.3 Å². The predicted molar refractivity (Wildman–Crippen MR) is 77.6 cm³/mol. The molecule has 3 N–H and O–H groups in total. The Morgan fingerprint density at radius 2 is 2.23 bits per heavy atom. The van der Waals surface area contributed by atoms with E-state index in [2.05, 4.69) is 22.3 Å². The van der Waals surface area contributed by atoms with Gasteiger partial charge in [0.1, 0.15) is 29.9 Å². The number of rotatable bonds is 6. The van der Waals surface area contributed by atoms with Gasteiger partial charge in [-0.2, -0.15) is 5.10 Å². The van der Waals surface area contributed by atoms with Crippen molar-refractivity contribution >= 4 is 17.4 Å². The molecule has 2 aromatic rings. The minimum Gasteiger partial charge on any atom is -0.471 e. The number of nitrogens with zero attached hydrogens (tertiary/aromatic N) is 3. The number of ether oxygens (including phenoxy) is 1. The molecular formula is C13H14F2N4O2S. The van der Waals surface area contributed by atoms with Crippen LogP contribution in [0.5, 0.6) is 0 Å². The van der Waals surface area contributed by atoms with E-state index in [4.69, 9.17) is 10.5 Å². The van der Waals surface area contributed by atoms with Crippen molar-refractivity contribution in [2.24, 2.45) is 5.73 Å². The molecule has 0 bridgehead atoms. The Balaban J connectivity index is 2.28. The smallest absolute Gasteiger partial charge is 0.253 e. The van der Waals surface area contributed by atoms with Gasteiger partial charge in [0.05, 0.1) is 13.2 Å². The van der Waals surface area contributed by atoms with Crippen molar-refractivity contribution < 1.29 is 18.6 Å². The summed E-state index contributed by atoms with van der Waals surface area (Å²) in [6.45, 7) is -0.117. The second kappa shape index (κ2) is 6.75. The van der Waals surface area contributed by atoms with Crippen LogP contribution < -0.4 is 5.73 Å². The highest BCUT2D eigenvalue weighted by Gasteiger charge is 2.33. The van der Waals surface area contributed by atoms with E-state index in [-0.39, 0.29) is 30.3 Å². The molecule has 0 unspecified atom stereocenters. The van der Waals surface area contributed by atoms with Gasteiger partial charge in [0.15, 0.2) is 0 Å². The zero-order chi connectivity index (χ0) is 16.2. The van der Waals surface area contributed by atoms with Gasteiger partial charge in [-0.1, -0.05) is 6.07 Å². The third kappa shape index (κ3) is 3.95. The number of nitrogens with two attached hydrogens (primary N) is 1. The molecular weight excluding hydrogens is 314 g/mol. The molecule has 118 valence electrons. The summed E-state index contributed by atoms with van der Waals surface area (Å²) < 4.78 is 33.4. The van der Waals surface area contributed by atoms with E-state index in [1.54, 1.807) is 0 Å². The minimum atomic E-state index is -1.68. The summed E-state index contributed by atoms with van der Waals surface area (Å²) in [5.74, 6) is -1.60. The van der Waals surface area contributed by atoms with Crippen molar-refractivity contribution in [2.75, 3.05) is 6.61 Å². The lowest BCUT2D eigenvalue weighted by atomic mass is 9.90. The molecule has 1 atom stereocenters. The molecule has 0 radical (unpaired) electrons. The Kier molecular flexibility index (Phi) is 4.99. The van der Waals surface area contributed by atoms with Crippen molar-refractivity contribution in [1.82, 2.24) is 14.8 Å². The van der Waals surface area contributed by atoms with Crippen LogP contribution in [0.4, 0.5) is 8.78 Å². The SMILES string of the molecule is NC(=S)OCC[C@](O)(Cn1cncn1)c1ccc(F)cc1F. The van der Waals surface area contributed by atoms with Crippen LogP contribution in [0.3, 0.4) is 0 Å². The highest BCUT2D eigenvalue weighted by Crippen LogP contribution is 2.29. The fourth-order valence-corrected chi connectivity index (χ4v) is 2.15. The first-order chi connectivity index (χ1) is 10.4. The van der Waals surface area contributed by atoms with Crippen LogP contribution in [0.1, 0.15) is 12.0 Å². The van der Waals surface area contributed by atoms with Gasteiger partial charge in [-0.15, -0.1) is 0 Å². The fourth-order valence-electron chi connectivity index (χ4n) is 2.07. The summed E-state index contributed by atoms with van der Waals surface area (Å²) >= 11 is 4.58. The normalized spacial score (nSPS) is 13.6. The first-order valence-electron chi connectivity index (χ1n) is 6.33. The van der Waals surface area contributed by atoms with Crippen LogP contribution in [-0.2, 0) is 16.9 Å². The molecule has 0 amide bonds. The van der Waals surface area contributed by atoms with Crippen LogP contribution in [-0.4, -0.2) is 31.7 Å². The standard InChI is InChI=1S/C13H14F2N4O2S/c14-9-1-2-10(11(15)5-9)13(20,3-4-21-12(16)22)6-19-8-17-7-18-19/h1-2,5,7-8,20H,3-4,6H2,(H2,16,22)/t13-/m0/s1. The minimum absolute atomic E-state index is 0.0211. The molecule has 0 aliphatic heterocycles. The summed E-state index contributed by atoms with van der Waals surface area (Å²) in [5.41, 5.74) is 3.47. The lowest BCUT2D eigenvalue weighted by Crippen LogP contribution is -2.35. The molecule has 1 aromatic heterocycles. The number of aliphatic hydroxyl groups is 1. The monoisotopic (exact) mass is 328 g/mol. The van der Waals surface area contributed by atoms with Crippen LogP contribution in [0, 0.1) is 11.6 Å². The first kappa shape index (κ1) is 16.2. The number of benzene rings is 1. The van der Waals surface area contributed by atoms with Gasteiger partial charge in [0.25, 0.3) is 5.17 Å². The Labute approximate surface area is 130 Å². The van der Waals surface area contributed by atoms with Gasteiger partial charge in [-0.3, -0.25) is 0 Å². The average molecular weight is 328 g/mol. The molecule has 9 heteroatoms. The Morgan fingerprint density at radius 1 is 1.45 bits per heavy atom. The average Bonchev–Trinajstić information content (AvgIpc) is 2.90. The van der Waals surface area contributed by atoms with E-state index in [0.29, 0.717) is 6.07 Å². The summed E-state index contributed by atoms with van der Waals surface area (Å²) in [7, 11) is 0. The van der Waals surface area contributed by atoms with Crippen molar-refractivity contribution in [3.05, 3.63) is 48.1 Å². The molecule has 0 aliphatic carbocycles. The van der Waals surface area contributed by atoms with Gasteiger partial charge < -0.3 is 15.6 Å². The third-order valence-electron chi connectivity index (χ3n) is 3.08. The first-order valence-corrected chi connectivity index (χ1v) is 6.74. The van der Waals surface area contributed by atoms with E-state index in [1.807, 2.05) is 0 Å². The lowest BCUT2D eigenvalue weighted by molar-refractivity contribution is -0.00894. The quantitative estimate of drug-likeness (QED) is 0.772. The highest BCUT2D eigenvalue weighted by molar-refractivity contribution is 7.80. The highest BCUT2D eigenvalue weighted by atomic mass is 32.1. The molecule has 2 rings (SSSR count). The van der Waals surface area contributed by atoms with Crippen LogP contribution in [0.25, 0.3) is 0 Å². The van der Waals surface area contributed by atoms with E-state index < -0.39 is 17.2 Å². The van der Waals surface area contributed by atoms with E-state index >= 15 is 0 Å². The largest absolute Gasteiger partial charge is 0.471 e. The van der Waals surface area contributed by atoms with Gasteiger partial charge >= 0.3 is 0 Å². The number of thiocarbonyl (C=S) groups is 1. The summed E-state index contributed by atoms with van der Waals surface area (Å²) in [5, 5.41) is 14.5. The number of aromatic nitrogens is 3. The number of halogens is 2. The van der Waals surface area contributed by atoms with Crippen molar-refractivity contribution in [3.8, 4) is 0 Å². The van der Waals surface area contributed by atoms with E-state index in [1.165, 1.54) is 23.4 Å². The number of hydrogen-bond acceptors (Lipinski definition) is 5. The molecule has 0 spiro atoms. The third-order valence-corrected chi connectivity index (χ3v) is 3.20. The zero-order valence-corrected chi connectivity index (χ0v) is 12.3. The summed E-state index contributed by atoms with van der Waals surface area (Å²) in [6, 6.07) is 2.96. The maximum atomic E-state index is 14.0. The van der Waals surface area contributed by atoms with Crippen molar-refractivity contribution in [2.45, 2.75) is 18.6 Å². The summed E-state index contributed by atoms with van der Waals surface area (Å²) in [6.07, 6.45) is 2.64. The van der Waals surface area contributed by atoms with Crippen LogP contribution in [0.15, 0.2) is 30.9 Å². The van der Waals surface area contributed by atoms with Gasteiger partial charge in [0.2, 0.25) is 0 Å².